The summed E-state index contributed by atoms with van der Waals surface area (Å²) < 4.78 is 1.92. The van der Waals surface area contributed by atoms with Crippen molar-refractivity contribution in [3.05, 3.63) is 46.2 Å². The zero-order valence-corrected chi connectivity index (χ0v) is 15.2. The molecule has 1 aromatic carbocycles. The highest BCUT2D eigenvalue weighted by atomic mass is 35.5. The van der Waals surface area contributed by atoms with Crippen molar-refractivity contribution in [3.8, 4) is 5.69 Å². The summed E-state index contributed by atoms with van der Waals surface area (Å²) in [5.41, 5.74) is 3.40. The lowest BCUT2D eigenvalue weighted by Crippen LogP contribution is -2.29. The van der Waals surface area contributed by atoms with Gasteiger partial charge in [0.2, 0.25) is 0 Å². The Morgan fingerprint density at radius 2 is 1.91 bits per heavy atom. The zero-order valence-electron chi connectivity index (χ0n) is 14.4. The van der Waals surface area contributed by atoms with E-state index in [1.54, 1.807) is 0 Å². The summed E-state index contributed by atoms with van der Waals surface area (Å²) in [5.74, 6) is 0.203. The molecule has 1 aliphatic rings. The number of nitrogens with zero attached hydrogens (tertiary/aromatic N) is 2. The first-order valence-electron chi connectivity index (χ1n) is 8.00. The van der Waals surface area contributed by atoms with Gasteiger partial charge in [-0.2, -0.15) is 5.10 Å². The molecule has 23 heavy (non-hydrogen) atoms. The highest BCUT2D eigenvalue weighted by Gasteiger charge is 2.39. The molecule has 0 unspecified atom stereocenters. The smallest absolute Gasteiger partial charge is 0.167 e. The van der Waals surface area contributed by atoms with Crippen molar-refractivity contribution < 1.29 is 4.79 Å². The molecule has 0 amide bonds. The van der Waals surface area contributed by atoms with Gasteiger partial charge in [0, 0.05) is 16.9 Å². The molecule has 0 saturated heterocycles. The summed E-state index contributed by atoms with van der Waals surface area (Å²) in [6.45, 7) is 10.6. The standard InChI is InChI=1S/C19H23ClN2O/c1-18(2,3)17-16-14(10-19(4,5)11-15(16)23)22(21-17)13-8-6-7-12(20)9-13/h6-9H,10-11H2,1-5H3. The Morgan fingerprint density at radius 1 is 1.22 bits per heavy atom. The Hall–Kier alpha value is -1.61. The van der Waals surface area contributed by atoms with E-state index in [-0.39, 0.29) is 16.6 Å². The van der Waals surface area contributed by atoms with E-state index in [4.69, 9.17) is 16.7 Å². The number of carbonyl (C=O) groups excluding carboxylic acids is 1. The Bertz CT molecular complexity index is 781. The molecule has 0 bridgehead atoms. The molecular weight excluding hydrogens is 308 g/mol. The maximum Gasteiger partial charge on any atom is 0.167 e. The Kier molecular flexibility index (Phi) is 3.68. The average Bonchev–Trinajstić information content (AvgIpc) is 2.76. The first-order valence-corrected chi connectivity index (χ1v) is 8.38. The van der Waals surface area contributed by atoms with Crippen LogP contribution < -0.4 is 0 Å². The van der Waals surface area contributed by atoms with Crippen molar-refractivity contribution in [1.82, 2.24) is 9.78 Å². The van der Waals surface area contributed by atoms with Gasteiger partial charge in [0.05, 0.1) is 22.6 Å². The van der Waals surface area contributed by atoms with Crippen LogP contribution in [0.4, 0.5) is 0 Å². The van der Waals surface area contributed by atoms with Crippen molar-refractivity contribution in [2.75, 3.05) is 0 Å². The number of ketones is 1. The summed E-state index contributed by atoms with van der Waals surface area (Å²) in [6.07, 6.45) is 1.41. The molecule has 0 aliphatic heterocycles. The van der Waals surface area contributed by atoms with Crippen LogP contribution in [0.5, 0.6) is 0 Å². The molecule has 0 N–H and O–H groups in total. The van der Waals surface area contributed by atoms with Crippen LogP contribution in [0.1, 0.15) is 62.8 Å². The third kappa shape index (κ3) is 2.94. The minimum absolute atomic E-state index is 0.0460. The predicted octanol–water partition coefficient (Wildman–Crippen LogP) is 4.98. The molecule has 0 spiro atoms. The van der Waals surface area contributed by atoms with Gasteiger partial charge >= 0.3 is 0 Å². The van der Waals surface area contributed by atoms with Crippen molar-refractivity contribution in [3.63, 3.8) is 0 Å². The molecule has 1 aliphatic carbocycles. The van der Waals surface area contributed by atoms with Crippen LogP contribution in [0, 0.1) is 5.41 Å². The van der Waals surface area contributed by atoms with Crippen LogP contribution in [0.3, 0.4) is 0 Å². The molecule has 2 aromatic rings. The van der Waals surface area contributed by atoms with Gasteiger partial charge in [-0.15, -0.1) is 0 Å². The van der Waals surface area contributed by atoms with E-state index in [9.17, 15) is 4.79 Å². The minimum atomic E-state index is -0.176. The monoisotopic (exact) mass is 330 g/mol. The SMILES string of the molecule is CC1(C)CC(=O)c2c(C(C)(C)C)nn(-c3cccc(Cl)c3)c2C1. The minimum Gasteiger partial charge on any atom is -0.294 e. The predicted molar refractivity (Wildman–Crippen MR) is 93.7 cm³/mol. The van der Waals surface area contributed by atoms with Crippen LogP contribution in [-0.2, 0) is 11.8 Å². The molecule has 1 aromatic heterocycles. The lowest BCUT2D eigenvalue weighted by Gasteiger charge is -2.30. The number of fused-ring (bicyclic) bond motifs is 1. The second kappa shape index (κ2) is 5.20. The molecule has 3 nitrogen and oxygen atoms in total. The molecule has 122 valence electrons. The van der Waals surface area contributed by atoms with Crippen molar-refractivity contribution >= 4 is 17.4 Å². The largest absolute Gasteiger partial charge is 0.294 e. The summed E-state index contributed by atoms with van der Waals surface area (Å²) in [7, 11) is 0. The van der Waals surface area contributed by atoms with E-state index in [1.165, 1.54) is 0 Å². The Morgan fingerprint density at radius 3 is 2.52 bits per heavy atom. The number of halogens is 1. The van der Waals surface area contributed by atoms with Crippen molar-refractivity contribution in [1.29, 1.82) is 0 Å². The lowest BCUT2D eigenvalue weighted by atomic mass is 9.73. The summed E-state index contributed by atoms with van der Waals surface area (Å²) in [6, 6.07) is 7.64. The van der Waals surface area contributed by atoms with Crippen molar-refractivity contribution in [2.24, 2.45) is 5.41 Å². The van der Waals surface area contributed by atoms with Gasteiger partial charge in [0.15, 0.2) is 5.78 Å². The van der Waals surface area contributed by atoms with Crippen molar-refractivity contribution in [2.45, 2.75) is 52.9 Å². The van der Waals surface area contributed by atoms with Gasteiger partial charge in [-0.05, 0) is 30.0 Å². The van der Waals surface area contributed by atoms with Gasteiger partial charge in [0.1, 0.15) is 0 Å². The molecule has 0 saturated carbocycles. The highest BCUT2D eigenvalue weighted by Crippen LogP contribution is 2.40. The second-order valence-electron chi connectivity index (χ2n) is 8.25. The Labute approximate surface area is 142 Å². The number of aromatic nitrogens is 2. The van der Waals surface area contributed by atoms with Gasteiger partial charge in [-0.1, -0.05) is 52.3 Å². The van der Waals surface area contributed by atoms with E-state index in [2.05, 4.69) is 34.6 Å². The van der Waals surface area contributed by atoms with Crippen LogP contribution in [0.25, 0.3) is 5.69 Å². The maximum atomic E-state index is 12.8. The van der Waals surface area contributed by atoms with E-state index >= 15 is 0 Å². The summed E-state index contributed by atoms with van der Waals surface area (Å²) >= 11 is 6.15. The fourth-order valence-corrected chi connectivity index (χ4v) is 3.48. The van der Waals surface area contributed by atoms with Gasteiger partial charge in [-0.3, -0.25) is 4.79 Å². The summed E-state index contributed by atoms with van der Waals surface area (Å²) in [4.78, 5) is 12.8. The number of carbonyl (C=O) groups is 1. The van der Waals surface area contributed by atoms with E-state index in [0.29, 0.717) is 11.4 Å². The highest BCUT2D eigenvalue weighted by molar-refractivity contribution is 6.30. The zero-order chi connectivity index (χ0) is 17.0. The molecule has 4 heteroatoms. The fraction of sp³-hybridized carbons (Fsp3) is 0.474. The van der Waals surface area contributed by atoms with Gasteiger partial charge in [-0.25, -0.2) is 4.68 Å². The van der Waals surface area contributed by atoms with Crippen LogP contribution in [0.15, 0.2) is 24.3 Å². The number of hydrogen-bond acceptors (Lipinski definition) is 2. The second-order valence-corrected chi connectivity index (χ2v) is 8.69. The van der Waals surface area contributed by atoms with Crippen LogP contribution in [-0.4, -0.2) is 15.6 Å². The third-order valence-corrected chi connectivity index (χ3v) is 4.54. The fourth-order valence-electron chi connectivity index (χ4n) is 3.29. The third-order valence-electron chi connectivity index (χ3n) is 4.31. The summed E-state index contributed by atoms with van der Waals surface area (Å²) in [5, 5.41) is 5.50. The van der Waals surface area contributed by atoms with Gasteiger partial charge in [0.25, 0.3) is 0 Å². The van der Waals surface area contributed by atoms with E-state index in [0.717, 1.165) is 29.1 Å². The molecule has 0 fully saturated rings. The quantitative estimate of drug-likeness (QED) is 0.739. The molecule has 1 heterocycles. The van der Waals surface area contributed by atoms with E-state index in [1.807, 2.05) is 28.9 Å². The molecule has 3 rings (SSSR count). The topological polar surface area (TPSA) is 34.9 Å². The van der Waals surface area contributed by atoms with E-state index < -0.39 is 0 Å². The lowest BCUT2D eigenvalue weighted by molar-refractivity contribution is 0.0908. The number of Topliss-reactive ketones (excluding diaryl/α,β-unsaturated/α-hetero) is 1. The number of rotatable bonds is 1. The first-order chi connectivity index (χ1) is 10.6. The molecule has 0 radical (unpaired) electrons. The van der Waals surface area contributed by atoms with Crippen LogP contribution in [0.2, 0.25) is 5.02 Å². The average molecular weight is 331 g/mol. The first kappa shape index (κ1) is 16.3. The number of hydrogen-bond donors (Lipinski definition) is 0. The molecular formula is C19H23ClN2O. The van der Waals surface area contributed by atoms with Crippen LogP contribution >= 0.6 is 11.6 Å². The Balaban J connectivity index is 2.28. The molecule has 0 atom stereocenters. The number of benzene rings is 1. The van der Waals surface area contributed by atoms with Gasteiger partial charge < -0.3 is 0 Å². The maximum absolute atomic E-state index is 12.8. The normalized spacial score (nSPS) is 17.2.